The Morgan fingerprint density at radius 1 is 1.42 bits per heavy atom. The van der Waals surface area contributed by atoms with Gasteiger partial charge in [-0.15, -0.1) is 0 Å². The maximum atomic E-state index is 12.5. The Kier molecular flexibility index (Phi) is 4.45. The first-order chi connectivity index (χ1) is 11.4. The summed E-state index contributed by atoms with van der Waals surface area (Å²) in [6.45, 7) is 2.75. The Bertz CT molecular complexity index is 663. The number of fused-ring (bicyclic) bond motifs is 1. The number of amides is 2. The third kappa shape index (κ3) is 3.21. The lowest BCUT2D eigenvalue weighted by atomic mass is 9.71. The molecule has 1 aliphatic heterocycles. The number of carbonyl (C=O) groups is 1. The molecule has 0 unspecified atom stereocenters. The summed E-state index contributed by atoms with van der Waals surface area (Å²) in [4.78, 5) is 24.6. The van der Waals surface area contributed by atoms with Crippen molar-refractivity contribution in [3.63, 3.8) is 0 Å². The Balaban J connectivity index is 1.65. The number of aryl methyl sites for hydroxylation is 1. The highest BCUT2D eigenvalue weighted by Gasteiger charge is 2.43. The largest absolute Gasteiger partial charge is 0.389 e. The highest BCUT2D eigenvalue weighted by atomic mass is 16.6. The molecule has 2 fully saturated rings. The third-order valence-electron chi connectivity index (χ3n) is 5.36. The summed E-state index contributed by atoms with van der Waals surface area (Å²) in [6, 6.07) is 4.35. The minimum absolute atomic E-state index is 0.0400. The van der Waals surface area contributed by atoms with Crippen molar-refractivity contribution in [3.8, 4) is 0 Å². The molecule has 0 radical (unpaired) electrons. The number of benzene rings is 1. The zero-order valence-electron chi connectivity index (χ0n) is 13.8. The predicted molar refractivity (Wildman–Crippen MR) is 89.9 cm³/mol. The van der Waals surface area contributed by atoms with Crippen molar-refractivity contribution in [2.45, 2.75) is 44.6 Å². The molecule has 2 amide bonds. The number of urea groups is 1. The van der Waals surface area contributed by atoms with Crippen LogP contribution in [0, 0.1) is 23.0 Å². The fourth-order valence-corrected chi connectivity index (χ4v) is 3.90. The molecule has 1 heterocycles. The van der Waals surface area contributed by atoms with E-state index in [9.17, 15) is 20.0 Å². The van der Waals surface area contributed by atoms with Crippen molar-refractivity contribution in [1.82, 2.24) is 4.90 Å². The highest BCUT2D eigenvalue weighted by Crippen LogP contribution is 2.39. The molecule has 7 heteroatoms. The van der Waals surface area contributed by atoms with Crippen LogP contribution in [0.1, 0.15) is 37.7 Å². The van der Waals surface area contributed by atoms with Gasteiger partial charge in [0.2, 0.25) is 0 Å². The summed E-state index contributed by atoms with van der Waals surface area (Å²) in [7, 11) is 0. The summed E-state index contributed by atoms with van der Waals surface area (Å²) < 4.78 is 0. The minimum atomic E-state index is -0.612. The van der Waals surface area contributed by atoms with E-state index in [1.54, 1.807) is 24.0 Å². The van der Waals surface area contributed by atoms with E-state index in [4.69, 9.17) is 0 Å². The van der Waals surface area contributed by atoms with Gasteiger partial charge in [0.25, 0.3) is 5.69 Å². The molecule has 1 aliphatic carbocycles. The lowest BCUT2D eigenvalue weighted by Crippen LogP contribution is -2.55. The molecule has 0 spiro atoms. The quantitative estimate of drug-likeness (QED) is 0.642. The van der Waals surface area contributed by atoms with Crippen LogP contribution in [0.25, 0.3) is 0 Å². The number of anilines is 1. The fraction of sp³-hybridized carbons (Fsp3) is 0.588. The molecular formula is C17H23N3O4. The fourth-order valence-electron chi connectivity index (χ4n) is 3.90. The Hall–Kier alpha value is -2.15. The van der Waals surface area contributed by atoms with E-state index in [0.29, 0.717) is 30.8 Å². The molecule has 24 heavy (non-hydrogen) atoms. The third-order valence-corrected chi connectivity index (χ3v) is 5.36. The molecule has 1 aromatic rings. The van der Waals surface area contributed by atoms with E-state index < -0.39 is 10.5 Å². The van der Waals surface area contributed by atoms with Gasteiger partial charge in [-0.05, 0) is 38.3 Å². The molecule has 7 nitrogen and oxygen atoms in total. The number of nitrogens with one attached hydrogen (secondary N) is 1. The molecular weight excluding hydrogens is 310 g/mol. The summed E-state index contributed by atoms with van der Waals surface area (Å²) in [5.41, 5.74) is 0.489. The highest BCUT2D eigenvalue weighted by molar-refractivity contribution is 5.89. The molecule has 2 atom stereocenters. The van der Waals surface area contributed by atoms with Gasteiger partial charge in [-0.3, -0.25) is 10.1 Å². The summed E-state index contributed by atoms with van der Waals surface area (Å²) in [5.74, 6) is 0.143. The first kappa shape index (κ1) is 16.7. The summed E-state index contributed by atoms with van der Waals surface area (Å²) in [6.07, 6.45) is 4.56. The van der Waals surface area contributed by atoms with Crippen molar-refractivity contribution in [1.29, 1.82) is 0 Å². The van der Waals surface area contributed by atoms with Crippen LogP contribution in [0.2, 0.25) is 0 Å². The molecule has 2 aliphatic rings. The van der Waals surface area contributed by atoms with E-state index >= 15 is 0 Å². The zero-order chi connectivity index (χ0) is 17.3. The number of nitro benzene ring substituents is 1. The summed E-state index contributed by atoms with van der Waals surface area (Å²) in [5, 5.41) is 24.3. The monoisotopic (exact) mass is 333 g/mol. The number of hydrogen-bond donors (Lipinski definition) is 2. The van der Waals surface area contributed by atoms with E-state index in [0.717, 1.165) is 25.7 Å². The van der Waals surface area contributed by atoms with E-state index in [2.05, 4.69) is 5.32 Å². The number of likely N-dealkylation sites (tertiary alicyclic amines) is 1. The molecule has 2 N–H and O–H groups in total. The molecule has 0 bridgehead atoms. The van der Waals surface area contributed by atoms with Crippen LogP contribution < -0.4 is 5.32 Å². The lowest BCUT2D eigenvalue weighted by molar-refractivity contribution is -0.385. The van der Waals surface area contributed by atoms with Gasteiger partial charge >= 0.3 is 6.03 Å². The maximum absolute atomic E-state index is 12.5. The van der Waals surface area contributed by atoms with Gasteiger partial charge in [-0.1, -0.05) is 12.8 Å². The van der Waals surface area contributed by atoms with Crippen LogP contribution in [0.5, 0.6) is 0 Å². The van der Waals surface area contributed by atoms with Gasteiger partial charge < -0.3 is 15.3 Å². The minimum Gasteiger partial charge on any atom is -0.389 e. The second kappa shape index (κ2) is 6.39. The van der Waals surface area contributed by atoms with Crippen LogP contribution in [-0.4, -0.2) is 39.7 Å². The topological polar surface area (TPSA) is 95.7 Å². The normalized spacial score (nSPS) is 26.6. The van der Waals surface area contributed by atoms with Crippen molar-refractivity contribution in [2.24, 2.45) is 5.92 Å². The van der Waals surface area contributed by atoms with Crippen molar-refractivity contribution in [3.05, 3.63) is 33.9 Å². The van der Waals surface area contributed by atoms with E-state index in [-0.39, 0.29) is 17.6 Å². The Morgan fingerprint density at radius 2 is 2.21 bits per heavy atom. The van der Waals surface area contributed by atoms with E-state index in [1.165, 1.54) is 6.07 Å². The molecule has 1 aromatic carbocycles. The van der Waals surface area contributed by atoms with Gasteiger partial charge in [0.05, 0.1) is 10.5 Å². The van der Waals surface area contributed by atoms with Crippen molar-refractivity contribution in [2.75, 3.05) is 18.4 Å². The number of carbonyl (C=O) groups excluding carboxylic acids is 1. The number of aliphatic hydroxyl groups is 1. The van der Waals surface area contributed by atoms with Gasteiger partial charge in [0.1, 0.15) is 0 Å². The number of nitro groups is 1. The van der Waals surface area contributed by atoms with Crippen molar-refractivity contribution >= 4 is 17.4 Å². The Labute approximate surface area is 140 Å². The van der Waals surface area contributed by atoms with Gasteiger partial charge in [0, 0.05) is 36.3 Å². The number of rotatable bonds is 2. The van der Waals surface area contributed by atoms with Gasteiger partial charge in [0.15, 0.2) is 0 Å². The summed E-state index contributed by atoms with van der Waals surface area (Å²) >= 11 is 0. The maximum Gasteiger partial charge on any atom is 0.321 e. The molecule has 0 aromatic heterocycles. The van der Waals surface area contributed by atoms with E-state index in [1.807, 2.05) is 0 Å². The number of nitrogens with zero attached hydrogens (tertiary/aromatic N) is 2. The predicted octanol–water partition coefficient (Wildman–Crippen LogP) is 3.06. The van der Waals surface area contributed by atoms with Crippen LogP contribution >= 0.6 is 0 Å². The molecule has 3 rings (SSSR count). The second-order valence-corrected chi connectivity index (χ2v) is 6.93. The molecule has 1 saturated heterocycles. The zero-order valence-corrected chi connectivity index (χ0v) is 13.8. The molecule has 1 saturated carbocycles. The average Bonchev–Trinajstić information content (AvgIpc) is 2.53. The SMILES string of the molecule is Cc1cc(NC(=O)N2CC[C@]3(O)CCCC[C@@H]3C2)ccc1[N+](=O)[O-]. The van der Waals surface area contributed by atoms with Crippen LogP contribution in [0.4, 0.5) is 16.2 Å². The van der Waals surface area contributed by atoms with Crippen LogP contribution in [-0.2, 0) is 0 Å². The lowest BCUT2D eigenvalue weighted by Gasteiger charge is -2.47. The second-order valence-electron chi connectivity index (χ2n) is 6.93. The number of piperidine rings is 1. The van der Waals surface area contributed by atoms with Crippen LogP contribution in [0.3, 0.4) is 0 Å². The number of hydrogen-bond acceptors (Lipinski definition) is 4. The standard InChI is InChI=1S/C17H23N3O4/c1-12-10-14(5-6-15(12)20(23)24)18-16(21)19-9-8-17(22)7-3-2-4-13(17)11-19/h5-6,10,13,22H,2-4,7-9,11H2,1H3,(H,18,21)/t13-,17-/m1/s1. The van der Waals surface area contributed by atoms with Gasteiger partial charge in [-0.2, -0.15) is 0 Å². The van der Waals surface area contributed by atoms with Crippen molar-refractivity contribution < 1.29 is 14.8 Å². The first-order valence-corrected chi connectivity index (χ1v) is 8.42. The average molecular weight is 333 g/mol. The smallest absolute Gasteiger partial charge is 0.321 e. The Morgan fingerprint density at radius 3 is 2.92 bits per heavy atom. The first-order valence-electron chi connectivity index (χ1n) is 8.42. The molecule has 130 valence electrons. The van der Waals surface area contributed by atoms with Crippen LogP contribution in [0.15, 0.2) is 18.2 Å². The van der Waals surface area contributed by atoms with Gasteiger partial charge in [-0.25, -0.2) is 4.79 Å².